The molecule has 4 aromatic carbocycles. The largest absolute Gasteiger partial charge is 0.478 e. The van der Waals surface area contributed by atoms with Gasteiger partial charge in [-0.15, -0.1) is 0 Å². The van der Waals surface area contributed by atoms with Gasteiger partial charge in [0.05, 0.1) is 30.1 Å². The Labute approximate surface area is 237 Å². The highest BCUT2D eigenvalue weighted by atomic mass is 16.5. The number of aromatic carboxylic acids is 1. The first-order chi connectivity index (χ1) is 19.0. The Bertz CT molecular complexity index is 1460. The average Bonchev–Trinajstić information content (AvgIpc) is 2.94. The second kappa shape index (κ2) is 12.6. The number of nitrogens with zero attached hydrogens (tertiary/aromatic N) is 1. The summed E-state index contributed by atoms with van der Waals surface area (Å²) in [7, 11) is 3.67. The van der Waals surface area contributed by atoms with E-state index in [9.17, 15) is 15.0 Å². The lowest BCUT2D eigenvalue weighted by Gasteiger charge is -2.28. The predicted molar refractivity (Wildman–Crippen MR) is 163 cm³/mol. The number of β-amino-alcohol motifs (C(OH)–C–C–N with tert-alkyl or cyclic N) is 1. The molecule has 4 aromatic rings. The number of ether oxygens (including phenoxy) is 1. The van der Waals surface area contributed by atoms with Crippen molar-refractivity contribution >= 4 is 22.4 Å². The zero-order valence-corrected chi connectivity index (χ0v) is 24.0. The Kier molecular flexibility index (Phi) is 9.25. The smallest absolute Gasteiger partial charge is 0.337 e. The number of carboxylic acids is 1. The highest BCUT2D eigenvalue weighted by molar-refractivity contribution is 5.95. The summed E-state index contributed by atoms with van der Waals surface area (Å²) in [6.45, 7) is 6.87. The highest BCUT2D eigenvalue weighted by Crippen LogP contribution is 2.33. The quantitative estimate of drug-likeness (QED) is 0.195. The van der Waals surface area contributed by atoms with Gasteiger partial charge in [-0.25, -0.2) is 4.79 Å². The molecule has 40 heavy (non-hydrogen) atoms. The molecule has 0 amide bonds. The number of nitrogens with one attached hydrogen (secondary N) is 1. The molecule has 0 radical (unpaired) electrons. The number of hydrogen-bond acceptors (Lipinski definition) is 5. The van der Waals surface area contributed by atoms with Gasteiger partial charge < -0.3 is 25.2 Å². The molecule has 0 saturated carbocycles. The van der Waals surface area contributed by atoms with Crippen LogP contribution in [0.15, 0.2) is 84.9 Å². The van der Waals surface area contributed by atoms with Crippen LogP contribution in [0.4, 0.5) is 5.69 Å². The van der Waals surface area contributed by atoms with Crippen molar-refractivity contribution in [3.8, 4) is 11.1 Å². The Hall–Kier alpha value is -3.71. The van der Waals surface area contributed by atoms with Crippen LogP contribution in [-0.2, 0) is 11.2 Å². The van der Waals surface area contributed by atoms with E-state index in [0.717, 1.165) is 23.1 Å². The third-order valence-electron chi connectivity index (χ3n) is 7.23. The maximum Gasteiger partial charge on any atom is 0.337 e. The molecule has 0 aliphatic heterocycles. The van der Waals surface area contributed by atoms with Crippen molar-refractivity contribution in [3.63, 3.8) is 0 Å². The summed E-state index contributed by atoms with van der Waals surface area (Å²) in [6, 6.07) is 28.2. The van der Waals surface area contributed by atoms with E-state index in [1.165, 1.54) is 16.3 Å². The minimum absolute atomic E-state index is 0.190. The van der Waals surface area contributed by atoms with Gasteiger partial charge in [-0.05, 0) is 72.4 Å². The fourth-order valence-electron chi connectivity index (χ4n) is 5.08. The number of benzene rings is 4. The van der Waals surface area contributed by atoms with Gasteiger partial charge in [0.25, 0.3) is 0 Å². The van der Waals surface area contributed by atoms with Crippen LogP contribution in [0.2, 0.25) is 0 Å². The first-order valence-corrected chi connectivity index (χ1v) is 13.7. The molecule has 0 aromatic heterocycles. The lowest BCUT2D eigenvalue weighted by Crippen LogP contribution is -2.46. The molecular weight excluding hydrogens is 500 g/mol. The van der Waals surface area contributed by atoms with Crippen LogP contribution < -0.4 is 10.2 Å². The first-order valence-electron chi connectivity index (χ1n) is 13.7. The van der Waals surface area contributed by atoms with Crippen molar-refractivity contribution in [2.75, 3.05) is 32.1 Å². The van der Waals surface area contributed by atoms with Gasteiger partial charge in [0, 0.05) is 26.2 Å². The third-order valence-corrected chi connectivity index (χ3v) is 7.23. The van der Waals surface area contributed by atoms with Crippen LogP contribution in [0.25, 0.3) is 21.9 Å². The summed E-state index contributed by atoms with van der Waals surface area (Å²) in [6.07, 6.45) is -0.0933. The van der Waals surface area contributed by atoms with Crippen molar-refractivity contribution in [2.24, 2.45) is 0 Å². The average molecular weight is 541 g/mol. The number of anilines is 1. The van der Waals surface area contributed by atoms with E-state index in [1.807, 2.05) is 57.4 Å². The Balaban J connectivity index is 1.37. The van der Waals surface area contributed by atoms with Gasteiger partial charge in [-0.2, -0.15) is 0 Å². The molecule has 0 fully saturated rings. The monoisotopic (exact) mass is 540 g/mol. The second-order valence-corrected chi connectivity index (χ2v) is 11.3. The zero-order chi connectivity index (χ0) is 28.9. The fraction of sp³-hybridized carbons (Fsp3) is 0.324. The lowest BCUT2D eigenvalue weighted by molar-refractivity contribution is -0.00397. The normalized spacial score (nSPS) is 13.2. The van der Waals surface area contributed by atoms with Gasteiger partial charge in [-0.1, -0.05) is 72.8 Å². The molecule has 6 nitrogen and oxygen atoms in total. The number of rotatable bonds is 12. The van der Waals surface area contributed by atoms with Crippen LogP contribution in [0.3, 0.4) is 0 Å². The summed E-state index contributed by atoms with van der Waals surface area (Å²) >= 11 is 0. The van der Waals surface area contributed by atoms with Crippen LogP contribution in [0.1, 0.15) is 48.4 Å². The highest BCUT2D eigenvalue weighted by Gasteiger charge is 2.21. The summed E-state index contributed by atoms with van der Waals surface area (Å²) in [5.74, 6) is -0.955. The third kappa shape index (κ3) is 7.27. The van der Waals surface area contributed by atoms with Gasteiger partial charge in [0.1, 0.15) is 0 Å². The van der Waals surface area contributed by atoms with Crippen molar-refractivity contribution < 1.29 is 19.7 Å². The fourth-order valence-corrected chi connectivity index (χ4v) is 5.08. The molecule has 1 unspecified atom stereocenters. The topological polar surface area (TPSA) is 82.0 Å². The van der Waals surface area contributed by atoms with Crippen molar-refractivity contribution in [1.82, 2.24) is 5.32 Å². The van der Waals surface area contributed by atoms with E-state index in [-0.39, 0.29) is 23.8 Å². The first kappa shape index (κ1) is 29.3. The molecule has 3 N–H and O–H groups in total. The number of aliphatic hydroxyl groups is 1. The number of carbonyl (C=O) groups is 1. The maximum atomic E-state index is 11.7. The molecule has 0 spiro atoms. The van der Waals surface area contributed by atoms with Crippen LogP contribution in [0.5, 0.6) is 0 Å². The molecule has 0 aliphatic rings. The number of aliphatic hydroxyl groups excluding tert-OH is 1. The van der Waals surface area contributed by atoms with Crippen LogP contribution in [-0.4, -0.2) is 55.1 Å². The van der Waals surface area contributed by atoms with E-state index >= 15 is 0 Å². The summed E-state index contributed by atoms with van der Waals surface area (Å²) in [5, 5.41) is 26.3. The number of hydrogen-bond donors (Lipinski definition) is 3. The number of fused-ring (bicyclic) bond motifs is 1. The maximum absolute atomic E-state index is 11.7. The summed E-state index contributed by atoms with van der Waals surface area (Å²) < 4.78 is 6.13. The summed E-state index contributed by atoms with van der Waals surface area (Å²) in [4.78, 5) is 13.5. The predicted octanol–water partition coefficient (Wildman–Crippen LogP) is 6.32. The minimum atomic E-state index is -0.955. The Morgan fingerprint density at radius 1 is 0.950 bits per heavy atom. The Morgan fingerprint density at radius 3 is 2.38 bits per heavy atom. The second-order valence-electron chi connectivity index (χ2n) is 11.3. The SMILES string of the molecule is CC(OC[C@@H](O)CNC(C)(C)Cc1ccc2ccccc2c1)c1ccccc1-c1ccc(C(=O)O)c(N(C)C)c1. The molecule has 210 valence electrons. The molecule has 2 atom stereocenters. The van der Waals surface area contributed by atoms with Crippen LogP contribution >= 0.6 is 0 Å². The van der Waals surface area contributed by atoms with E-state index < -0.39 is 12.1 Å². The molecule has 0 saturated heterocycles. The molecule has 0 aliphatic carbocycles. The van der Waals surface area contributed by atoms with E-state index in [1.54, 1.807) is 11.0 Å². The molecule has 0 heterocycles. The van der Waals surface area contributed by atoms with Crippen LogP contribution in [0, 0.1) is 0 Å². The molecular formula is C34H40N2O4. The summed E-state index contributed by atoms with van der Waals surface area (Å²) in [5.41, 5.74) is 4.81. The van der Waals surface area contributed by atoms with E-state index in [2.05, 4.69) is 61.6 Å². The van der Waals surface area contributed by atoms with Gasteiger partial charge in [-0.3, -0.25) is 0 Å². The number of carboxylic acid groups (broad SMARTS) is 1. The minimum Gasteiger partial charge on any atom is -0.478 e. The van der Waals surface area contributed by atoms with Gasteiger partial charge >= 0.3 is 5.97 Å². The molecule has 6 heteroatoms. The molecule has 4 rings (SSSR count). The zero-order valence-electron chi connectivity index (χ0n) is 24.0. The van der Waals surface area contributed by atoms with Crippen molar-refractivity contribution in [3.05, 3.63) is 102 Å². The van der Waals surface area contributed by atoms with E-state index in [4.69, 9.17) is 4.74 Å². The van der Waals surface area contributed by atoms with Gasteiger partial charge in [0.2, 0.25) is 0 Å². The van der Waals surface area contributed by atoms with E-state index in [0.29, 0.717) is 12.2 Å². The van der Waals surface area contributed by atoms with Gasteiger partial charge in [0.15, 0.2) is 0 Å². The van der Waals surface area contributed by atoms with Crippen molar-refractivity contribution in [1.29, 1.82) is 0 Å². The Morgan fingerprint density at radius 2 is 1.65 bits per heavy atom. The standard InChI is InChI=1S/C34H40N2O4/c1-23(29-12-8-9-13-30(29)27-16-17-31(33(38)39)32(19-27)36(4)5)40-22-28(37)21-35-34(2,3)20-24-14-15-25-10-6-7-11-26(25)18-24/h6-19,23,28,35,37H,20-22H2,1-5H3,(H,38,39)/t23?,28-/m0/s1. The molecule has 0 bridgehead atoms. The lowest BCUT2D eigenvalue weighted by atomic mass is 9.93. The van der Waals surface area contributed by atoms with Crippen molar-refractivity contribution in [2.45, 2.75) is 44.9 Å².